The van der Waals surface area contributed by atoms with Crippen molar-refractivity contribution < 1.29 is 25.0 Å². The molecule has 0 spiro atoms. The van der Waals surface area contributed by atoms with E-state index < -0.39 is 18.2 Å². The average Bonchev–Trinajstić information content (AvgIpc) is 2.76. The zero-order valence-electron chi connectivity index (χ0n) is 14.3. The molecule has 2 saturated carbocycles. The molecule has 0 saturated heterocycles. The number of aliphatic hydroxyl groups excluding tert-OH is 2. The van der Waals surface area contributed by atoms with Crippen LogP contribution in [0.3, 0.4) is 0 Å². The van der Waals surface area contributed by atoms with Gasteiger partial charge in [-0.15, -0.1) is 0 Å². The van der Waals surface area contributed by atoms with Crippen LogP contribution in [0.1, 0.15) is 51.9 Å². The maximum Gasteiger partial charge on any atom is 0.306 e. The number of aliphatic hydroxyl groups is 2. The van der Waals surface area contributed by atoms with Crippen molar-refractivity contribution in [3.05, 3.63) is 12.2 Å². The summed E-state index contributed by atoms with van der Waals surface area (Å²) in [6, 6.07) is 0. The highest BCUT2D eigenvalue weighted by Gasteiger charge is 2.51. The van der Waals surface area contributed by atoms with Crippen molar-refractivity contribution in [1.82, 2.24) is 0 Å². The van der Waals surface area contributed by atoms with Crippen molar-refractivity contribution >= 4 is 11.7 Å². The Bertz CT molecular complexity index is 476. The lowest BCUT2D eigenvalue weighted by Crippen LogP contribution is -2.38. The summed E-state index contributed by atoms with van der Waals surface area (Å²) in [5.74, 6) is -0.427. The predicted molar refractivity (Wildman–Crippen MR) is 90.6 cm³/mol. The van der Waals surface area contributed by atoms with Crippen molar-refractivity contribution in [1.29, 1.82) is 0 Å². The number of unbranched alkanes of at least 4 members (excludes halogenated alkanes) is 2. The molecule has 3 unspecified atom stereocenters. The third-order valence-electron chi connectivity index (χ3n) is 5.07. The van der Waals surface area contributed by atoms with Crippen LogP contribution in [0.25, 0.3) is 0 Å². The van der Waals surface area contributed by atoms with Gasteiger partial charge in [0, 0.05) is 11.8 Å². The maximum absolute atomic E-state index is 10.4. The van der Waals surface area contributed by atoms with Crippen LogP contribution in [0.4, 0.5) is 0 Å². The molecule has 6 nitrogen and oxygen atoms in total. The molecule has 0 bridgehead atoms. The standard InChI is InChI=1S/C18H29NO5/c1-2-3-4-5-13(20)7-6-12-10-14-15(18(12)23)11-16(14)19-24-9-8-17(21)22/h6-7,12-15,18,20,23H,2-5,8-11H2,1H3,(H,21,22)/t12?,13?,14-,15+,18?/m0/s1. The minimum Gasteiger partial charge on any atom is -0.481 e. The van der Waals surface area contributed by atoms with Crippen molar-refractivity contribution in [2.75, 3.05) is 6.61 Å². The van der Waals surface area contributed by atoms with Gasteiger partial charge in [-0.2, -0.15) is 0 Å². The highest BCUT2D eigenvalue weighted by Crippen LogP contribution is 2.48. The smallest absolute Gasteiger partial charge is 0.306 e. The van der Waals surface area contributed by atoms with E-state index in [1.165, 1.54) is 0 Å². The number of fused-ring (bicyclic) bond motifs is 1. The van der Waals surface area contributed by atoms with E-state index in [1.807, 2.05) is 12.2 Å². The van der Waals surface area contributed by atoms with E-state index in [1.54, 1.807) is 0 Å². The minimum absolute atomic E-state index is 0.0487. The Kier molecular flexibility index (Phi) is 7.24. The number of aliphatic carboxylic acids is 1. The second kappa shape index (κ2) is 9.18. The summed E-state index contributed by atoms with van der Waals surface area (Å²) < 4.78 is 0. The summed E-state index contributed by atoms with van der Waals surface area (Å²) in [5.41, 5.74) is 0.920. The van der Waals surface area contributed by atoms with Crippen molar-refractivity contribution in [3.63, 3.8) is 0 Å². The Morgan fingerprint density at radius 1 is 1.46 bits per heavy atom. The number of nitrogens with zero attached hydrogens (tertiary/aromatic N) is 1. The van der Waals surface area contributed by atoms with Crippen LogP contribution in [0.5, 0.6) is 0 Å². The van der Waals surface area contributed by atoms with Crippen LogP contribution in [-0.4, -0.2) is 45.8 Å². The Hall–Kier alpha value is -1.40. The first-order valence-electron chi connectivity index (χ1n) is 8.97. The number of oxime groups is 1. The van der Waals surface area contributed by atoms with Gasteiger partial charge in [0.05, 0.1) is 24.3 Å². The maximum atomic E-state index is 10.4. The Balaban J connectivity index is 1.76. The minimum atomic E-state index is -0.902. The molecular weight excluding hydrogens is 310 g/mol. The molecule has 3 N–H and O–H groups in total. The molecule has 0 heterocycles. The van der Waals surface area contributed by atoms with Crippen molar-refractivity contribution in [3.8, 4) is 0 Å². The largest absolute Gasteiger partial charge is 0.481 e. The molecule has 0 aliphatic heterocycles. The zero-order chi connectivity index (χ0) is 17.5. The molecule has 2 rings (SSSR count). The Morgan fingerprint density at radius 2 is 2.25 bits per heavy atom. The van der Waals surface area contributed by atoms with Crippen LogP contribution in [-0.2, 0) is 9.63 Å². The third kappa shape index (κ3) is 5.05. The molecule has 5 atom stereocenters. The van der Waals surface area contributed by atoms with Gasteiger partial charge in [-0.05, 0) is 25.2 Å². The van der Waals surface area contributed by atoms with Crippen LogP contribution in [0.2, 0.25) is 0 Å². The Labute approximate surface area is 143 Å². The van der Waals surface area contributed by atoms with Gasteiger partial charge < -0.3 is 20.2 Å². The number of carbonyl (C=O) groups is 1. The summed E-state index contributed by atoms with van der Waals surface area (Å²) >= 11 is 0. The fraction of sp³-hybridized carbons (Fsp3) is 0.778. The van der Waals surface area contributed by atoms with Crippen LogP contribution >= 0.6 is 0 Å². The summed E-state index contributed by atoms with van der Waals surface area (Å²) in [6.45, 7) is 2.21. The van der Waals surface area contributed by atoms with Gasteiger partial charge in [0.15, 0.2) is 0 Å². The van der Waals surface area contributed by atoms with Crippen LogP contribution < -0.4 is 0 Å². The monoisotopic (exact) mass is 339 g/mol. The lowest BCUT2D eigenvalue weighted by molar-refractivity contribution is -0.138. The molecule has 2 aliphatic carbocycles. The molecule has 2 fully saturated rings. The van der Waals surface area contributed by atoms with Crippen molar-refractivity contribution in [2.45, 2.75) is 64.1 Å². The van der Waals surface area contributed by atoms with E-state index in [0.717, 1.165) is 37.8 Å². The lowest BCUT2D eigenvalue weighted by atomic mass is 9.73. The highest BCUT2D eigenvalue weighted by atomic mass is 16.6. The lowest BCUT2D eigenvalue weighted by Gasteiger charge is -2.33. The van der Waals surface area contributed by atoms with Crippen molar-refractivity contribution in [2.24, 2.45) is 22.9 Å². The topological polar surface area (TPSA) is 99.4 Å². The molecule has 0 aromatic carbocycles. The fourth-order valence-corrected chi connectivity index (χ4v) is 3.57. The molecule has 136 valence electrons. The number of rotatable bonds is 10. The SMILES string of the molecule is CCCCCC(O)C=CC1C[C@@H]2C(=NOCCC(=O)O)C[C@H]2C1O. The van der Waals surface area contributed by atoms with Gasteiger partial charge in [-0.1, -0.05) is 43.5 Å². The van der Waals surface area contributed by atoms with E-state index in [4.69, 9.17) is 9.94 Å². The van der Waals surface area contributed by atoms with E-state index in [-0.39, 0.29) is 30.8 Å². The highest BCUT2D eigenvalue weighted by molar-refractivity contribution is 5.93. The van der Waals surface area contributed by atoms with Gasteiger partial charge in [0.25, 0.3) is 0 Å². The van der Waals surface area contributed by atoms with E-state index >= 15 is 0 Å². The Morgan fingerprint density at radius 3 is 2.96 bits per heavy atom. The first-order chi connectivity index (χ1) is 11.5. The van der Waals surface area contributed by atoms with Gasteiger partial charge >= 0.3 is 5.97 Å². The summed E-state index contributed by atoms with van der Waals surface area (Å²) in [5, 5.41) is 32.9. The van der Waals surface area contributed by atoms with Gasteiger partial charge in [0.2, 0.25) is 0 Å². The molecule has 6 heteroatoms. The molecule has 0 aromatic rings. The van der Waals surface area contributed by atoms with Gasteiger partial charge in [-0.25, -0.2) is 0 Å². The first kappa shape index (κ1) is 18.9. The fourth-order valence-electron chi connectivity index (χ4n) is 3.57. The number of hydrogen-bond donors (Lipinski definition) is 3. The molecule has 0 radical (unpaired) electrons. The second-order valence-corrected chi connectivity index (χ2v) is 6.87. The molecule has 0 amide bonds. The second-order valence-electron chi connectivity index (χ2n) is 6.87. The zero-order valence-corrected chi connectivity index (χ0v) is 14.3. The quantitative estimate of drug-likeness (QED) is 0.322. The van der Waals surface area contributed by atoms with E-state index in [2.05, 4.69) is 12.1 Å². The number of carboxylic acid groups (broad SMARTS) is 1. The third-order valence-corrected chi connectivity index (χ3v) is 5.07. The average molecular weight is 339 g/mol. The molecular formula is C18H29NO5. The van der Waals surface area contributed by atoms with E-state index in [0.29, 0.717) is 6.42 Å². The molecule has 2 aliphatic rings. The summed E-state index contributed by atoms with van der Waals surface area (Å²) in [7, 11) is 0. The van der Waals surface area contributed by atoms with Gasteiger partial charge in [-0.3, -0.25) is 4.79 Å². The first-order valence-corrected chi connectivity index (χ1v) is 8.97. The van der Waals surface area contributed by atoms with Crippen LogP contribution in [0, 0.1) is 17.8 Å². The van der Waals surface area contributed by atoms with E-state index in [9.17, 15) is 15.0 Å². The molecule has 24 heavy (non-hydrogen) atoms. The van der Waals surface area contributed by atoms with Gasteiger partial charge in [0.1, 0.15) is 6.61 Å². The summed E-state index contributed by atoms with van der Waals surface area (Å²) in [6.07, 6.45) is 8.44. The van der Waals surface area contributed by atoms with Crippen LogP contribution in [0.15, 0.2) is 17.3 Å². The number of carboxylic acids is 1. The number of hydrogen-bond acceptors (Lipinski definition) is 5. The summed E-state index contributed by atoms with van der Waals surface area (Å²) in [4.78, 5) is 15.5. The predicted octanol–water partition coefficient (Wildman–Crippen LogP) is 2.35. The molecule has 0 aromatic heterocycles. The normalized spacial score (nSPS) is 31.9.